The summed E-state index contributed by atoms with van der Waals surface area (Å²) in [5, 5.41) is 19.0. The Morgan fingerprint density at radius 1 is 1.36 bits per heavy atom. The number of H-pyrrole nitrogens is 1. The highest BCUT2D eigenvalue weighted by molar-refractivity contribution is 5.94. The van der Waals surface area contributed by atoms with Crippen LogP contribution in [0.3, 0.4) is 0 Å². The number of rotatable bonds is 4. The van der Waals surface area contributed by atoms with E-state index in [-0.39, 0.29) is 5.91 Å². The number of amides is 1. The summed E-state index contributed by atoms with van der Waals surface area (Å²) in [5.41, 5.74) is 2.85. The number of likely N-dealkylation sites (tertiary alicyclic amines) is 1. The molecular weight excluding hydrogens is 278 g/mol. The number of nitrogens with one attached hydrogen (secondary N) is 2. The van der Waals surface area contributed by atoms with Gasteiger partial charge < -0.3 is 5.32 Å². The molecular formula is C16H23N5O. The normalized spacial score (nSPS) is 19.4. The number of fused-ring (bicyclic) bond motifs is 1. The van der Waals surface area contributed by atoms with Crippen molar-refractivity contribution in [1.82, 2.24) is 20.4 Å². The van der Waals surface area contributed by atoms with E-state index >= 15 is 0 Å². The first-order chi connectivity index (χ1) is 10.8. The Hall–Kier alpha value is -1.87. The standard InChI is InChI=1S/C16H23N5O/c17-7-10-21-8-5-12(6-9-21)11-18-16(22)15-13-3-1-2-4-14(13)19-20-15/h12H,1-6,8-11H2,(H,18,22)(H,19,20). The first-order valence-electron chi connectivity index (χ1n) is 8.21. The molecule has 1 aromatic heterocycles. The summed E-state index contributed by atoms with van der Waals surface area (Å²) in [6, 6.07) is 2.19. The average molecular weight is 301 g/mol. The monoisotopic (exact) mass is 301 g/mol. The van der Waals surface area contributed by atoms with Crippen molar-refractivity contribution in [2.45, 2.75) is 38.5 Å². The highest BCUT2D eigenvalue weighted by Crippen LogP contribution is 2.22. The maximum Gasteiger partial charge on any atom is 0.272 e. The maximum absolute atomic E-state index is 12.3. The minimum absolute atomic E-state index is 0.0427. The fraction of sp³-hybridized carbons (Fsp3) is 0.688. The van der Waals surface area contributed by atoms with Gasteiger partial charge in [0, 0.05) is 17.8 Å². The van der Waals surface area contributed by atoms with E-state index in [0.29, 0.717) is 24.7 Å². The highest BCUT2D eigenvalue weighted by Gasteiger charge is 2.23. The third kappa shape index (κ3) is 3.30. The van der Waals surface area contributed by atoms with E-state index < -0.39 is 0 Å². The van der Waals surface area contributed by atoms with Crippen LogP contribution < -0.4 is 5.32 Å². The number of hydrogen-bond donors (Lipinski definition) is 2. The van der Waals surface area contributed by atoms with Crippen molar-refractivity contribution in [2.24, 2.45) is 5.92 Å². The minimum atomic E-state index is -0.0427. The molecule has 6 heteroatoms. The second-order valence-corrected chi connectivity index (χ2v) is 6.32. The van der Waals surface area contributed by atoms with Crippen LogP contribution >= 0.6 is 0 Å². The van der Waals surface area contributed by atoms with Crippen LogP contribution in [0.1, 0.15) is 47.4 Å². The van der Waals surface area contributed by atoms with Crippen LogP contribution in [0.15, 0.2) is 0 Å². The molecule has 1 fully saturated rings. The van der Waals surface area contributed by atoms with Crippen LogP contribution in [-0.2, 0) is 12.8 Å². The summed E-state index contributed by atoms with van der Waals surface area (Å²) in [7, 11) is 0. The van der Waals surface area contributed by atoms with Gasteiger partial charge in [-0.2, -0.15) is 10.4 Å². The molecule has 1 saturated heterocycles. The molecule has 0 atom stereocenters. The third-order valence-electron chi connectivity index (χ3n) is 4.82. The number of aromatic nitrogens is 2. The lowest BCUT2D eigenvalue weighted by Gasteiger charge is -2.30. The van der Waals surface area contributed by atoms with Crippen LogP contribution in [0.4, 0.5) is 0 Å². The molecule has 1 aliphatic heterocycles. The van der Waals surface area contributed by atoms with Crippen molar-refractivity contribution in [3.8, 4) is 6.07 Å². The van der Waals surface area contributed by atoms with Gasteiger partial charge in [-0.15, -0.1) is 0 Å². The van der Waals surface area contributed by atoms with E-state index in [0.717, 1.165) is 56.5 Å². The second-order valence-electron chi connectivity index (χ2n) is 6.32. The fourth-order valence-corrected chi connectivity index (χ4v) is 3.44. The van der Waals surface area contributed by atoms with Gasteiger partial charge in [-0.1, -0.05) is 0 Å². The molecule has 3 rings (SSSR count). The van der Waals surface area contributed by atoms with Gasteiger partial charge in [0.2, 0.25) is 0 Å². The number of nitriles is 1. The molecule has 22 heavy (non-hydrogen) atoms. The van der Waals surface area contributed by atoms with Gasteiger partial charge in [0.05, 0.1) is 12.6 Å². The summed E-state index contributed by atoms with van der Waals surface area (Å²) in [5.74, 6) is 0.465. The SMILES string of the molecule is N#CCN1CCC(CNC(=O)c2n[nH]c3c2CCCC3)CC1. The van der Waals surface area contributed by atoms with Gasteiger partial charge in [0.15, 0.2) is 5.69 Å². The van der Waals surface area contributed by atoms with Crippen molar-refractivity contribution < 1.29 is 4.79 Å². The molecule has 1 aliphatic carbocycles. The highest BCUT2D eigenvalue weighted by atomic mass is 16.1. The number of piperidine rings is 1. The van der Waals surface area contributed by atoms with Gasteiger partial charge >= 0.3 is 0 Å². The average Bonchev–Trinajstić information content (AvgIpc) is 2.98. The molecule has 6 nitrogen and oxygen atoms in total. The summed E-state index contributed by atoms with van der Waals surface area (Å²) >= 11 is 0. The van der Waals surface area contributed by atoms with E-state index in [2.05, 4.69) is 26.5 Å². The minimum Gasteiger partial charge on any atom is -0.350 e. The Morgan fingerprint density at radius 2 is 2.14 bits per heavy atom. The number of carbonyl (C=O) groups excluding carboxylic acids is 1. The van der Waals surface area contributed by atoms with Crippen LogP contribution in [0.5, 0.6) is 0 Å². The Balaban J connectivity index is 1.49. The Bertz CT molecular complexity index is 566. The second kappa shape index (κ2) is 6.93. The van der Waals surface area contributed by atoms with Crippen molar-refractivity contribution >= 4 is 5.91 Å². The van der Waals surface area contributed by atoms with Gasteiger partial charge in [-0.25, -0.2) is 0 Å². The largest absolute Gasteiger partial charge is 0.350 e. The fourth-order valence-electron chi connectivity index (χ4n) is 3.44. The predicted octanol–water partition coefficient (Wildman–Crippen LogP) is 1.25. The molecule has 118 valence electrons. The quantitative estimate of drug-likeness (QED) is 0.820. The van der Waals surface area contributed by atoms with E-state index in [4.69, 9.17) is 5.26 Å². The maximum atomic E-state index is 12.3. The number of nitrogens with zero attached hydrogens (tertiary/aromatic N) is 3. The summed E-state index contributed by atoms with van der Waals surface area (Å²) < 4.78 is 0. The van der Waals surface area contributed by atoms with Gasteiger partial charge in [-0.05, 0) is 57.5 Å². The predicted molar refractivity (Wildman–Crippen MR) is 82.3 cm³/mol. The molecule has 1 amide bonds. The molecule has 0 saturated carbocycles. The first-order valence-corrected chi connectivity index (χ1v) is 8.21. The zero-order chi connectivity index (χ0) is 15.4. The Labute approximate surface area is 130 Å². The molecule has 2 N–H and O–H groups in total. The van der Waals surface area contributed by atoms with Crippen molar-refractivity contribution in [3.63, 3.8) is 0 Å². The van der Waals surface area contributed by atoms with Crippen molar-refractivity contribution in [3.05, 3.63) is 17.0 Å². The Morgan fingerprint density at radius 3 is 2.91 bits per heavy atom. The molecule has 0 aromatic carbocycles. The van der Waals surface area contributed by atoms with E-state index in [1.807, 2.05) is 0 Å². The molecule has 1 aromatic rings. The molecule has 0 spiro atoms. The molecule has 0 bridgehead atoms. The smallest absolute Gasteiger partial charge is 0.272 e. The van der Waals surface area contributed by atoms with Crippen LogP contribution in [0.2, 0.25) is 0 Å². The lowest BCUT2D eigenvalue weighted by molar-refractivity contribution is 0.0931. The number of hydrogen-bond acceptors (Lipinski definition) is 4. The first kappa shape index (κ1) is 15.0. The van der Waals surface area contributed by atoms with E-state index in [9.17, 15) is 4.79 Å². The van der Waals surface area contributed by atoms with Gasteiger partial charge in [-0.3, -0.25) is 14.8 Å². The molecule has 2 aliphatic rings. The number of aromatic amines is 1. The topological polar surface area (TPSA) is 84.8 Å². The summed E-state index contributed by atoms with van der Waals surface area (Å²) in [6.45, 7) is 3.12. The Kier molecular flexibility index (Phi) is 4.74. The van der Waals surface area contributed by atoms with Crippen LogP contribution in [0.25, 0.3) is 0 Å². The summed E-state index contributed by atoms with van der Waals surface area (Å²) in [4.78, 5) is 14.5. The van der Waals surface area contributed by atoms with Crippen LogP contribution in [0, 0.1) is 17.2 Å². The van der Waals surface area contributed by atoms with Gasteiger partial charge in [0.1, 0.15) is 0 Å². The molecule has 0 radical (unpaired) electrons. The van der Waals surface area contributed by atoms with Crippen molar-refractivity contribution in [1.29, 1.82) is 5.26 Å². The van der Waals surface area contributed by atoms with Crippen molar-refractivity contribution in [2.75, 3.05) is 26.2 Å². The number of aryl methyl sites for hydroxylation is 1. The third-order valence-corrected chi connectivity index (χ3v) is 4.82. The van der Waals surface area contributed by atoms with E-state index in [1.165, 1.54) is 6.42 Å². The van der Waals surface area contributed by atoms with Gasteiger partial charge in [0.25, 0.3) is 5.91 Å². The zero-order valence-electron chi connectivity index (χ0n) is 12.9. The van der Waals surface area contributed by atoms with Crippen LogP contribution in [-0.4, -0.2) is 47.2 Å². The zero-order valence-corrected chi connectivity index (χ0v) is 12.9. The molecule has 0 unspecified atom stereocenters. The molecule has 2 heterocycles. The number of carbonyl (C=O) groups is 1. The lowest BCUT2D eigenvalue weighted by Crippen LogP contribution is -2.39. The lowest BCUT2D eigenvalue weighted by atomic mass is 9.95. The van der Waals surface area contributed by atoms with E-state index in [1.54, 1.807) is 0 Å². The summed E-state index contributed by atoms with van der Waals surface area (Å²) in [6.07, 6.45) is 6.37.